The Kier molecular flexibility index (Phi) is 2.72. The molecule has 2 aromatic heterocycles. The molecule has 0 spiro atoms. The van der Waals surface area contributed by atoms with Crippen molar-refractivity contribution in [1.29, 1.82) is 0 Å². The number of H-pyrrole nitrogens is 1. The first kappa shape index (κ1) is 10.9. The molecule has 1 saturated heterocycles. The molecule has 17 heavy (non-hydrogen) atoms. The van der Waals surface area contributed by atoms with E-state index in [-0.39, 0.29) is 5.54 Å². The molecule has 3 rings (SSSR count). The van der Waals surface area contributed by atoms with Crippen molar-refractivity contribution in [3.63, 3.8) is 0 Å². The minimum atomic E-state index is 0.0164. The molecular weight excluding hydrogens is 232 g/mol. The molecule has 0 radical (unpaired) electrons. The summed E-state index contributed by atoms with van der Waals surface area (Å²) in [6, 6.07) is 4.08. The molecule has 1 atom stereocenters. The summed E-state index contributed by atoms with van der Waals surface area (Å²) in [6.45, 7) is 3.27. The van der Waals surface area contributed by atoms with Gasteiger partial charge in [0.25, 0.3) is 0 Å². The van der Waals surface area contributed by atoms with Gasteiger partial charge in [0.2, 0.25) is 0 Å². The standard InChI is InChI=1S/C12H16N4S/c1-2-12(6-4-7-13-12)11-14-10(15-16-11)9-5-3-8-17-9/h3,5,8,13H,2,4,6-7H2,1H3,(H,14,15,16). The second-order valence-corrected chi connectivity index (χ2v) is 5.40. The molecule has 90 valence electrons. The van der Waals surface area contributed by atoms with E-state index in [1.54, 1.807) is 11.3 Å². The Balaban J connectivity index is 1.94. The highest BCUT2D eigenvalue weighted by molar-refractivity contribution is 7.13. The second-order valence-electron chi connectivity index (χ2n) is 4.45. The van der Waals surface area contributed by atoms with Crippen LogP contribution in [0.5, 0.6) is 0 Å². The SMILES string of the molecule is CCC1(c2nc(-c3cccs3)n[nH]2)CCCN1. The van der Waals surface area contributed by atoms with Crippen LogP contribution in [0.4, 0.5) is 0 Å². The maximum atomic E-state index is 4.66. The van der Waals surface area contributed by atoms with Crippen molar-refractivity contribution in [3.05, 3.63) is 23.3 Å². The normalized spacial score (nSPS) is 24.3. The lowest BCUT2D eigenvalue weighted by Crippen LogP contribution is -2.37. The Morgan fingerprint density at radius 1 is 1.53 bits per heavy atom. The molecular formula is C12H16N4S. The largest absolute Gasteiger partial charge is 0.305 e. The quantitative estimate of drug-likeness (QED) is 0.877. The summed E-state index contributed by atoms with van der Waals surface area (Å²) in [6.07, 6.45) is 3.40. The first-order valence-electron chi connectivity index (χ1n) is 6.06. The third kappa shape index (κ3) is 1.79. The van der Waals surface area contributed by atoms with E-state index in [9.17, 15) is 0 Å². The van der Waals surface area contributed by atoms with Crippen LogP contribution < -0.4 is 5.32 Å². The number of hydrogen-bond acceptors (Lipinski definition) is 4. The van der Waals surface area contributed by atoms with E-state index in [0.717, 1.165) is 35.9 Å². The van der Waals surface area contributed by atoms with Crippen molar-refractivity contribution in [3.8, 4) is 10.7 Å². The van der Waals surface area contributed by atoms with Crippen molar-refractivity contribution in [2.45, 2.75) is 31.7 Å². The van der Waals surface area contributed by atoms with Crippen LogP contribution in [-0.2, 0) is 5.54 Å². The molecule has 1 fully saturated rings. The van der Waals surface area contributed by atoms with E-state index in [0.29, 0.717) is 0 Å². The second kappa shape index (κ2) is 4.23. The minimum absolute atomic E-state index is 0.0164. The third-order valence-corrected chi connectivity index (χ3v) is 4.39. The Bertz CT molecular complexity index is 482. The number of hydrogen-bond donors (Lipinski definition) is 2. The van der Waals surface area contributed by atoms with Gasteiger partial charge in [-0.15, -0.1) is 11.3 Å². The Morgan fingerprint density at radius 3 is 3.12 bits per heavy atom. The predicted octanol–water partition coefficient (Wildman–Crippen LogP) is 2.52. The summed E-state index contributed by atoms with van der Waals surface area (Å²) in [5.74, 6) is 1.80. The number of aromatic nitrogens is 3. The van der Waals surface area contributed by atoms with Crippen LogP contribution in [0.15, 0.2) is 17.5 Å². The fourth-order valence-electron chi connectivity index (χ4n) is 2.47. The predicted molar refractivity (Wildman–Crippen MR) is 68.9 cm³/mol. The van der Waals surface area contributed by atoms with Crippen molar-refractivity contribution in [2.75, 3.05) is 6.54 Å². The molecule has 0 aliphatic carbocycles. The Morgan fingerprint density at radius 2 is 2.47 bits per heavy atom. The lowest BCUT2D eigenvalue weighted by Gasteiger charge is -2.24. The number of aromatic amines is 1. The van der Waals surface area contributed by atoms with Crippen LogP contribution in [-0.4, -0.2) is 21.7 Å². The molecule has 1 aliphatic rings. The van der Waals surface area contributed by atoms with Crippen LogP contribution in [0, 0.1) is 0 Å². The number of rotatable bonds is 3. The van der Waals surface area contributed by atoms with Gasteiger partial charge in [0, 0.05) is 0 Å². The van der Waals surface area contributed by atoms with Gasteiger partial charge in [0.05, 0.1) is 10.4 Å². The smallest absolute Gasteiger partial charge is 0.191 e. The lowest BCUT2D eigenvalue weighted by atomic mass is 9.93. The van der Waals surface area contributed by atoms with Crippen LogP contribution in [0.25, 0.3) is 10.7 Å². The highest BCUT2D eigenvalue weighted by Gasteiger charge is 2.36. The molecule has 0 bridgehead atoms. The van der Waals surface area contributed by atoms with Gasteiger partial charge in [-0.25, -0.2) is 4.98 Å². The molecule has 0 amide bonds. The summed E-state index contributed by atoms with van der Waals surface area (Å²) >= 11 is 1.67. The van der Waals surface area contributed by atoms with Gasteiger partial charge < -0.3 is 5.32 Å². The zero-order valence-corrected chi connectivity index (χ0v) is 10.7. The summed E-state index contributed by atoms with van der Waals surface area (Å²) in [7, 11) is 0. The van der Waals surface area contributed by atoms with Gasteiger partial charge in [0.1, 0.15) is 5.82 Å². The first-order valence-corrected chi connectivity index (χ1v) is 6.94. The molecule has 0 saturated carbocycles. The highest BCUT2D eigenvalue weighted by Crippen LogP contribution is 2.32. The molecule has 2 aromatic rings. The van der Waals surface area contributed by atoms with Gasteiger partial charge in [-0.3, -0.25) is 5.10 Å². The van der Waals surface area contributed by atoms with Gasteiger partial charge in [-0.05, 0) is 37.3 Å². The third-order valence-electron chi connectivity index (χ3n) is 3.53. The van der Waals surface area contributed by atoms with Crippen molar-refractivity contribution in [1.82, 2.24) is 20.5 Å². The maximum absolute atomic E-state index is 4.66. The topological polar surface area (TPSA) is 53.6 Å². The summed E-state index contributed by atoms with van der Waals surface area (Å²) in [4.78, 5) is 5.78. The number of thiophene rings is 1. The molecule has 3 heterocycles. The van der Waals surface area contributed by atoms with Gasteiger partial charge in [-0.1, -0.05) is 13.0 Å². The molecule has 1 unspecified atom stereocenters. The van der Waals surface area contributed by atoms with Crippen LogP contribution in [0.3, 0.4) is 0 Å². The van der Waals surface area contributed by atoms with E-state index in [1.807, 2.05) is 6.07 Å². The zero-order valence-electron chi connectivity index (χ0n) is 9.86. The molecule has 1 aliphatic heterocycles. The molecule has 5 heteroatoms. The van der Waals surface area contributed by atoms with Crippen molar-refractivity contribution >= 4 is 11.3 Å². The average molecular weight is 248 g/mol. The summed E-state index contributed by atoms with van der Waals surface area (Å²) in [5.41, 5.74) is 0.0164. The molecule has 2 N–H and O–H groups in total. The van der Waals surface area contributed by atoms with Crippen LogP contribution in [0.2, 0.25) is 0 Å². The lowest BCUT2D eigenvalue weighted by molar-refractivity contribution is 0.354. The van der Waals surface area contributed by atoms with Crippen molar-refractivity contribution < 1.29 is 0 Å². The number of nitrogens with zero attached hydrogens (tertiary/aromatic N) is 2. The molecule has 0 aromatic carbocycles. The fourth-order valence-corrected chi connectivity index (χ4v) is 3.13. The summed E-state index contributed by atoms with van der Waals surface area (Å²) < 4.78 is 0. The Hall–Kier alpha value is -1.20. The van der Waals surface area contributed by atoms with Crippen molar-refractivity contribution in [2.24, 2.45) is 0 Å². The monoisotopic (exact) mass is 248 g/mol. The summed E-state index contributed by atoms with van der Waals surface area (Å²) in [5, 5.41) is 13.1. The van der Waals surface area contributed by atoms with E-state index >= 15 is 0 Å². The molecule has 4 nitrogen and oxygen atoms in total. The van der Waals surface area contributed by atoms with E-state index in [1.165, 1.54) is 6.42 Å². The van der Waals surface area contributed by atoms with E-state index in [2.05, 4.69) is 38.9 Å². The van der Waals surface area contributed by atoms with Gasteiger partial charge in [0.15, 0.2) is 5.82 Å². The van der Waals surface area contributed by atoms with Crippen LogP contribution in [0.1, 0.15) is 32.0 Å². The van der Waals surface area contributed by atoms with E-state index < -0.39 is 0 Å². The number of nitrogens with one attached hydrogen (secondary N) is 2. The zero-order chi connectivity index (χ0) is 11.7. The maximum Gasteiger partial charge on any atom is 0.191 e. The average Bonchev–Trinajstić information content (AvgIpc) is 3.10. The van der Waals surface area contributed by atoms with Gasteiger partial charge >= 0.3 is 0 Å². The highest BCUT2D eigenvalue weighted by atomic mass is 32.1. The van der Waals surface area contributed by atoms with E-state index in [4.69, 9.17) is 0 Å². The Labute approximate surface area is 104 Å². The fraction of sp³-hybridized carbons (Fsp3) is 0.500. The minimum Gasteiger partial charge on any atom is -0.305 e. The first-order chi connectivity index (χ1) is 8.34. The van der Waals surface area contributed by atoms with Crippen LogP contribution >= 0.6 is 11.3 Å². The van der Waals surface area contributed by atoms with Gasteiger partial charge in [-0.2, -0.15) is 5.10 Å².